The molecule has 8 nitrogen and oxygen atoms in total. The summed E-state index contributed by atoms with van der Waals surface area (Å²) >= 11 is 0. The smallest absolute Gasteiger partial charge is 0.381 e. The highest BCUT2D eigenvalue weighted by atomic mass is 19.4. The maximum absolute atomic E-state index is 13.2. The first-order valence-electron chi connectivity index (χ1n) is 11.2. The minimum atomic E-state index is -4.65. The van der Waals surface area contributed by atoms with Gasteiger partial charge in [0.2, 0.25) is 12.2 Å². The van der Waals surface area contributed by atoms with Crippen molar-refractivity contribution in [1.82, 2.24) is 15.2 Å². The summed E-state index contributed by atoms with van der Waals surface area (Å²) < 4.78 is 84.3. The Morgan fingerprint density at radius 3 is 2.67 bits per heavy atom. The minimum absolute atomic E-state index is 0.00238. The van der Waals surface area contributed by atoms with Crippen molar-refractivity contribution in [2.24, 2.45) is 20.9 Å². The van der Waals surface area contributed by atoms with E-state index in [1.807, 2.05) is 0 Å². The number of nitrogens with one attached hydrogen (secondary N) is 2. The van der Waals surface area contributed by atoms with Crippen LogP contribution in [0.5, 0.6) is 0 Å². The summed E-state index contributed by atoms with van der Waals surface area (Å²) in [5.41, 5.74) is -2.16. The van der Waals surface area contributed by atoms with Gasteiger partial charge < -0.3 is 20.3 Å². The van der Waals surface area contributed by atoms with Crippen LogP contribution in [0.15, 0.2) is 45.1 Å². The Labute approximate surface area is 204 Å². The standard InChI is InChI=1S/C22H27F6N7O/c1-4-5-16(31-13(2)21(23,24)25)18-33-19(30-11-14-7-9-36-12-14)35(3)20(34-18)32-15-6-8-29-17(10-15)22(26,27)28/h5-6,8,10,14,20H,4,7,9,11-12H2,1-3H3,(H,29,32)(H,30,33,34)/b16-5-,31-13?. The van der Waals surface area contributed by atoms with E-state index in [-0.39, 0.29) is 29.1 Å². The molecule has 0 aliphatic carbocycles. The second-order valence-electron chi connectivity index (χ2n) is 8.25. The maximum atomic E-state index is 13.2. The second-order valence-corrected chi connectivity index (χ2v) is 8.25. The van der Waals surface area contributed by atoms with Crippen LogP contribution in [0.1, 0.15) is 32.4 Å². The highest BCUT2D eigenvalue weighted by Crippen LogP contribution is 2.29. The molecule has 0 radical (unpaired) electrons. The van der Waals surface area contributed by atoms with E-state index in [9.17, 15) is 26.3 Å². The van der Waals surface area contributed by atoms with Gasteiger partial charge in [0.15, 0.2) is 5.84 Å². The fraction of sp³-hybridized carbons (Fsp3) is 0.545. The average Bonchev–Trinajstić information content (AvgIpc) is 3.32. The molecule has 2 unspecified atom stereocenters. The highest BCUT2D eigenvalue weighted by molar-refractivity contribution is 6.11. The molecule has 2 aliphatic heterocycles. The van der Waals surface area contributed by atoms with E-state index in [1.54, 1.807) is 14.0 Å². The van der Waals surface area contributed by atoms with E-state index in [0.29, 0.717) is 26.2 Å². The summed E-state index contributed by atoms with van der Waals surface area (Å²) in [6.45, 7) is 4.12. The fourth-order valence-corrected chi connectivity index (χ4v) is 3.36. The van der Waals surface area contributed by atoms with Crippen molar-refractivity contribution in [3.63, 3.8) is 0 Å². The molecule has 2 N–H and O–H groups in total. The molecule has 3 rings (SSSR count). The van der Waals surface area contributed by atoms with Gasteiger partial charge in [-0.05, 0) is 31.9 Å². The molecule has 0 aromatic carbocycles. The Bertz CT molecular complexity index is 1040. The number of aliphatic imine (C=N–C) groups is 3. The van der Waals surface area contributed by atoms with Crippen LogP contribution in [0.4, 0.5) is 32.0 Å². The number of pyridine rings is 1. The number of alkyl halides is 6. The summed E-state index contributed by atoms with van der Waals surface area (Å²) in [5.74, 6) is 0.450. The van der Waals surface area contributed by atoms with Crippen LogP contribution >= 0.6 is 0 Å². The molecule has 1 aromatic heterocycles. The van der Waals surface area contributed by atoms with Crippen molar-refractivity contribution < 1.29 is 31.1 Å². The number of hydrogen-bond donors (Lipinski definition) is 2. The van der Waals surface area contributed by atoms with Gasteiger partial charge in [0.05, 0.1) is 6.61 Å². The Kier molecular flexibility index (Phi) is 8.59. The number of amidine groups is 1. The predicted octanol–water partition coefficient (Wildman–Crippen LogP) is 4.44. The molecule has 1 fully saturated rings. The first-order valence-corrected chi connectivity index (χ1v) is 11.2. The van der Waals surface area contributed by atoms with Gasteiger partial charge in [-0.3, -0.25) is 9.98 Å². The van der Waals surface area contributed by atoms with E-state index >= 15 is 0 Å². The molecule has 0 spiro atoms. The van der Waals surface area contributed by atoms with Crippen molar-refractivity contribution >= 4 is 23.2 Å². The molecule has 36 heavy (non-hydrogen) atoms. The number of nitrogens with zero attached hydrogens (tertiary/aromatic N) is 5. The molecular weight excluding hydrogens is 492 g/mol. The number of hydrogen-bond acceptors (Lipinski definition) is 6. The molecule has 0 saturated carbocycles. The molecule has 2 atom stereocenters. The van der Waals surface area contributed by atoms with Gasteiger partial charge in [-0.15, -0.1) is 0 Å². The monoisotopic (exact) mass is 519 g/mol. The number of guanidine groups is 1. The zero-order valence-electron chi connectivity index (χ0n) is 19.9. The van der Waals surface area contributed by atoms with Gasteiger partial charge in [-0.2, -0.15) is 26.3 Å². The van der Waals surface area contributed by atoms with Crippen molar-refractivity contribution in [3.05, 3.63) is 35.8 Å². The summed E-state index contributed by atoms with van der Waals surface area (Å²) in [5, 5.41) is 5.80. The lowest BCUT2D eigenvalue weighted by Gasteiger charge is -2.35. The van der Waals surface area contributed by atoms with Gasteiger partial charge in [0.1, 0.15) is 17.1 Å². The Balaban J connectivity index is 1.98. The van der Waals surface area contributed by atoms with Crippen LogP contribution in [0, 0.1) is 5.92 Å². The number of ether oxygens (including phenoxy) is 1. The third kappa shape index (κ3) is 7.18. The topological polar surface area (TPSA) is 86.5 Å². The fourth-order valence-electron chi connectivity index (χ4n) is 3.36. The molecule has 14 heteroatoms. The Morgan fingerprint density at radius 1 is 1.31 bits per heavy atom. The number of rotatable bonds is 7. The molecule has 1 aromatic rings. The molecule has 0 bridgehead atoms. The van der Waals surface area contributed by atoms with E-state index in [1.165, 1.54) is 17.0 Å². The first kappa shape index (κ1) is 27.4. The highest BCUT2D eigenvalue weighted by Gasteiger charge is 2.35. The van der Waals surface area contributed by atoms with Crippen LogP contribution < -0.4 is 10.6 Å². The largest absolute Gasteiger partial charge is 0.433 e. The van der Waals surface area contributed by atoms with Crippen molar-refractivity contribution in [2.75, 3.05) is 32.1 Å². The quantitative estimate of drug-likeness (QED) is 0.411. The Morgan fingerprint density at radius 2 is 2.06 bits per heavy atom. The van der Waals surface area contributed by atoms with Crippen LogP contribution in [0.2, 0.25) is 0 Å². The van der Waals surface area contributed by atoms with E-state index in [0.717, 1.165) is 25.6 Å². The van der Waals surface area contributed by atoms with E-state index < -0.39 is 30.0 Å². The maximum Gasteiger partial charge on any atom is 0.433 e. The van der Waals surface area contributed by atoms with E-state index in [4.69, 9.17) is 4.74 Å². The zero-order chi connectivity index (χ0) is 26.5. The van der Waals surface area contributed by atoms with E-state index in [2.05, 4.69) is 30.6 Å². The van der Waals surface area contributed by atoms with Crippen molar-refractivity contribution in [3.8, 4) is 0 Å². The summed E-state index contributed by atoms with van der Waals surface area (Å²) in [6, 6.07) is 2.16. The Hall–Kier alpha value is -3.16. The molecule has 198 valence electrons. The lowest BCUT2D eigenvalue weighted by Crippen LogP contribution is -2.54. The number of allylic oxidation sites excluding steroid dienone is 1. The molecule has 0 amide bonds. The molecule has 1 saturated heterocycles. The lowest BCUT2D eigenvalue weighted by atomic mass is 10.1. The van der Waals surface area contributed by atoms with Crippen LogP contribution in [0.25, 0.3) is 0 Å². The van der Waals surface area contributed by atoms with Crippen LogP contribution in [-0.4, -0.2) is 66.7 Å². The van der Waals surface area contributed by atoms with Crippen LogP contribution in [-0.2, 0) is 10.9 Å². The summed E-state index contributed by atoms with van der Waals surface area (Å²) in [7, 11) is 1.61. The third-order valence-electron chi connectivity index (χ3n) is 5.39. The number of aromatic nitrogens is 1. The average molecular weight is 519 g/mol. The minimum Gasteiger partial charge on any atom is -0.381 e. The normalized spacial score (nSPS) is 23.1. The summed E-state index contributed by atoms with van der Waals surface area (Å²) in [6.07, 6.45) is -6.62. The van der Waals surface area contributed by atoms with Gasteiger partial charge in [0.25, 0.3) is 0 Å². The SMILES string of the molecule is CC/C=C(\N=C(C)C(F)(F)F)C1=NC(Nc2ccnc(C(F)(F)F)c2)N(C)C(=NCC2CCOC2)N1. The summed E-state index contributed by atoms with van der Waals surface area (Å²) in [4.78, 5) is 17.6. The lowest BCUT2D eigenvalue weighted by molar-refractivity contribution is -0.141. The van der Waals surface area contributed by atoms with Crippen LogP contribution in [0.3, 0.4) is 0 Å². The predicted molar refractivity (Wildman–Crippen MR) is 124 cm³/mol. The van der Waals surface area contributed by atoms with Gasteiger partial charge in [0, 0.05) is 38.0 Å². The van der Waals surface area contributed by atoms with Crippen molar-refractivity contribution in [2.45, 2.75) is 45.3 Å². The zero-order valence-corrected chi connectivity index (χ0v) is 19.9. The number of anilines is 1. The third-order valence-corrected chi connectivity index (χ3v) is 5.39. The van der Waals surface area contributed by atoms with Crippen molar-refractivity contribution in [1.29, 1.82) is 0 Å². The van der Waals surface area contributed by atoms with Gasteiger partial charge in [-0.25, -0.2) is 9.98 Å². The molecular formula is C22H27F6N7O. The molecule has 2 aliphatic rings. The van der Waals surface area contributed by atoms with Gasteiger partial charge in [-0.1, -0.05) is 13.0 Å². The molecule has 3 heterocycles. The first-order chi connectivity index (χ1) is 16.9. The second kappa shape index (κ2) is 11.3. The van der Waals surface area contributed by atoms with Gasteiger partial charge >= 0.3 is 12.4 Å². The number of halogens is 6.